The number of thiazole rings is 1. The monoisotopic (exact) mass is 790 g/mol. The number of aliphatic hydroxyl groups excluding tert-OH is 1. The van der Waals surface area contributed by atoms with Crippen molar-refractivity contribution in [1.29, 1.82) is 0 Å². The average molecular weight is 791 g/mol. The van der Waals surface area contributed by atoms with E-state index in [2.05, 4.69) is 35.1 Å². The smallest absolute Gasteiger partial charge is 0.254 e. The number of aromatic hydroxyl groups is 1. The van der Waals surface area contributed by atoms with Gasteiger partial charge in [0.1, 0.15) is 29.8 Å². The second-order valence-corrected chi connectivity index (χ2v) is 16.2. The Kier molecular flexibility index (Phi) is 10.8. The summed E-state index contributed by atoms with van der Waals surface area (Å²) in [5.74, 6) is -0.719. The number of hydrogen-bond acceptors (Lipinski definition) is 12. The van der Waals surface area contributed by atoms with E-state index in [-0.39, 0.29) is 54.4 Å². The molecule has 6 aromatic rings. The Morgan fingerprint density at radius 3 is 2.56 bits per heavy atom. The fourth-order valence-corrected chi connectivity index (χ4v) is 8.68. The molecule has 2 fully saturated rings. The molecule has 57 heavy (non-hydrogen) atoms. The summed E-state index contributed by atoms with van der Waals surface area (Å²) in [6.45, 7) is 10.5. The van der Waals surface area contributed by atoms with E-state index in [0.717, 1.165) is 45.8 Å². The van der Waals surface area contributed by atoms with Gasteiger partial charge in [0.05, 0.1) is 45.5 Å². The number of amides is 2. The van der Waals surface area contributed by atoms with Crippen LogP contribution >= 0.6 is 11.3 Å². The molecule has 2 aliphatic heterocycles. The first-order chi connectivity index (χ1) is 27.5. The molecule has 2 amide bonds. The van der Waals surface area contributed by atoms with E-state index in [4.69, 9.17) is 9.26 Å². The SMILES string of the molecule is Cc1ncsc1-c1ccc([C@H](C)NC(=O)[C@@H]2C[C@@H](O)CN2C(=O)[C@@H](c2cc(OCCN3CC(n4ccc5nnc(-c6ccccc6O)cc54)C3)no2)C(C)C)cc1. The summed E-state index contributed by atoms with van der Waals surface area (Å²) in [7, 11) is 0. The number of ether oxygens (including phenoxy) is 1. The van der Waals surface area contributed by atoms with Crippen LogP contribution in [-0.2, 0) is 9.59 Å². The molecular formula is C42H46N8O6S. The van der Waals surface area contributed by atoms with Crippen LogP contribution in [0.2, 0.25) is 0 Å². The first kappa shape index (κ1) is 38.2. The summed E-state index contributed by atoms with van der Waals surface area (Å²) in [5, 5.41) is 36.9. The van der Waals surface area contributed by atoms with Crippen molar-refractivity contribution >= 4 is 34.2 Å². The largest absolute Gasteiger partial charge is 0.507 e. The molecule has 8 rings (SSSR count). The Bertz CT molecular complexity index is 2370. The Hall–Kier alpha value is -5.64. The molecule has 0 saturated carbocycles. The van der Waals surface area contributed by atoms with E-state index in [1.807, 2.05) is 87.9 Å². The summed E-state index contributed by atoms with van der Waals surface area (Å²) in [4.78, 5) is 37.0. The quantitative estimate of drug-likeness (QED) is 0.130. The molecule has 2 aliphatic rings. The zero-order valence-electron chi connectivity index (χ0n) is 32.3. The van der Waals surface area contributed by atoms with Gasteiger partial charge in [-0.1, -0.05) is 50.2 Å². The number of para-hydroxylation sites is 1. The zero-order chi connectivity index (χ0) is 39.8. The number of rotatable bonds is 13. The molecule has 14 nitrogen and oxygen atoms in total. The lowest BCUT2D eigenvalue weighted by Crippen LogP contribution is -2.48. The highest BCUT2D eigenvalue weighted by molar-refractivity contribution is 7.13. The maximum Gasteiger partial charge on any atom is 0.254 e. The predicted octanol–water partition coefficient (Wildman–Crippen LogP) is 5.74. The molecule has 0 bridgehead atoms. The first-order valence-electron chi connectivity index (χ1n) is 19.3. The molecule has 0 radical (unpaired) electrons. The predicted molar refractivity (Wildman–Crippen MR) is 215 cm³/mol. The van der Waals surface area contributed by atoms with E-state index in [9.17, 15) is 19.8 Å². The van der Waals surface area contributed by atoms with Crippen molar-refractivity contribution in [3.05, 3.63) is 95.5 Å². The highest BCUT2D eigenvalue weighted by Crippen LogP contribution is 2.34. The standard InChI is InChI=1S/C42H46N8O6S/c1-24(2)39(42(54)50-22-30(51)17-35(50)41(53)44-25(3)27-9-11-28(12-10-27)40-26(4)43-23-57-40)37-19-38(47-56-37)55-16-15-48-20-29(21-48)49-14-13-32-34(49)18-33(46-45-32)31-7-5-6-8-36(31)52/h5-14,18-19,23-25,29-30,35,39,51-52H,15-17,20-22H2,1-4H3,(H,44,53)/t25-,30+,35-,39+/m0/s1. The highest BCUT2D eigenvalue weighted by Gasteiger charge is 2.43. The zero-order valence-corrected chi connectivity index (χ0v) is 33.1. The molecule has 4 atom stereocenters. The van der Waals surface area contributed by atoms with Crippen molar-refractivity contribution in [1.82, 2.24) is 40.0 Å². The fourth-order valence-electron chi connectivity index (χ4n) is 7.87. The number of nitrogens with one attached hydrogen (secondary N) is 1. The topological polar surface area (TPSA) is 172 Å². The second kappa shape index (κ2) is 16.1. The van der Waals surface area contributed by atoms with Gasteiger partial charge < -0.3 is 34.3 Å². The molecule has 2 aromatic carbocycles. The Morgan fingerprint density at radius 2 is 1.82 bits per heavy atom. The number of hydrogen-bond donors (Lipinski definition) is 3. The van der Waals surface area contributed by atoms with Gasteiger partial charge in [0.2, 0.25) is 11.8 Å². The van der Waals surface area contributed by atoms with E-state index in [1.54, 1.807) is 29.5 Å². The number of aliphatic hydroxyl groups is 1. The molecule has 0 unspecified atom stereocenters. The average Bonchev–Trinajstić information content (AvgIpc) is 4.00. The molecule has 6 heterocycles. The van der Waals surface area contributed by atoms with Gasteiger partial charge in [0.25, 0.3) is 5.88 Å². The van der Waals surface area contributed by atoms with Gasteiger partial charge in [-0.25, -0.2) is 4.98 Å². The lowest BCUT2D eigenvalue weighted by atomic mass is 9.91. The van der Waals surface area contributed by atoms with Crippen molar-refractivity contribution < 1.29 is 29.1 Å². The lowest BCUT2D eigenvalue weighted by Gasteiger charge is -2.40. The van der Waals surface area contributed by atoms with Gasteiger partial charge in [-0.05, 0) is 60.3 Å². The summed E-state index contributed by atoms with van der Waals surface area (Å²) < 4.78 is 13.9. The molecule has 2 saturated heterocycles. The van der Waals surface area contributed by atoms with Gasteiger partial charge >= 0.3 is 0 Å². The Morgan fingerprint density at radius 1 is 1.04 bits per heavy atom. The molecular weight excluding hydrogens is 745 g/mol. The van der Waals surface area contributed by atoms with Crippen LogP contribution in [0.3, 0.4) is 0 Å². The third-order valence-corrected chi connectivity index (χ3v) is 12.0. The molecule has 3 N–H and O–H groups in total. The van der Waals surface area contributed by atoms with Crippen molar-refractivity contribution in [2.24, 2.45) is 5.92 Å². The molecule has 0 aliphatic carbocycles. The van der Waals surface area contributed by atoms with Gasteiger partial charge in [-0.2, -0.15) is 0 Å². The summed E-state index contributed by atoms with van der Waals surface area (Å²) in [5.41, 5.74) is 7.82. The lowest BCUT2D eigenvalue weighted by molar-refractivity contribution is -0.141. The van der Waals surface area contributed by atoms with Crippen molar-refractivity contribution in [2.75, 3.05) is 32.8 Å². The van der Waals surface area contributed by atoms with Crippen LogP contribution in [0.1, 0.15) is 62.2 Å². The van der Waals surface area contributed by atoms with Crippen molar-refractivity contribution in [3.8, 4) is 33.3 Å². The molecule has 0 spiro atoms. The summed E-state index contributed by atoms with van der Waals surface area (Å²) in [6, 6.07) is 19.8. The summed E-state index contributed by atoms with van der Waals surface area (Å²) in [6.07, 6.45) is 1.35. The second-order valence-electron chi connectivity index (χ2n) is 15.3. The molecule has 4 aromatic heterocycles. The number of likely N-dealkylation sites (tertiary alicyclic amines) is 2. The minimum absolute atomic E-state index is 0.0513. The van der Waals surface area contributed by atoms with Crippen molar-refractivity contribution in [3.63, 3.8) is 0 Å². The van der Waals surface area contributed by atoms with Crippen LogP contribution in [0.15, 0.2) is 83.0 Å². The maximum atomic E-state index is 14.1. The van der Waals surface area contributed by atoms with Crippen LogP contribution in [0.5, 0.6) is 11.6 Å². The number of phenolic OH excluding ortho intramolecular Hbond substituents is 1. The fraction of sp³-hybridized carbons (Fsp3) is 0.381. The number of β-amino-alcohol motifs (C(OH)–C–C–N with tert-alkyl or cyclic N) is 1. The van der Waals surface area contributed by atoms with Crippen molar-refractivity contribution in [2.45, 2.75) is 64.3 Å². The van der Waals surface area contributed by atoms with Crippen LogP contribution < -0.4 is 10.1 Å². The minimum Gasteiger partial charge on any atom is -0.507 e. The van der Waals surface area contributed by atoms with Crippen LogP contribution in [0.25, 0.3) is 32.7 Å². The van der Waals surface area contributed by atoms with E-state index in [0.29, 0.717) is 30.2 Å². The number of aromatic nitrogens is 5. The first-order valence-corrected chi connectivity index (χ1v) is 20.2. The van der Waals surface area contributed by atoms with Gasteiger partial charge in [-0.15, -0.1) is 21.5 Å². The number of phenols is 1. The van der Waals surface area contributed by atoms with E-state index in [1.165, 1.54) is 4.90 Å². The molecule has 15 heteroatoms. The Labute approximate surface area is 334 Å². The number of aryl methyl sites for hydroxylation is 1. The summed E-state index contributed by atoms with van der Waals surface area (Å²) >= 11 is 1.59. The van der Waals surface area contributed by atoms with E-state index >= 15 is 0 Å². The van der Waals surface area contributed by atoms with Crippen LogP contribution in [0.4, 0.5) is 0 Å². The number of benzene rings is 2. The number of carbonyl (C=O) groups excluding carboxylic acids is 2. The third kappa shape index (κ3) is 7.87. The maximum absolute atomic E-state index is 14.1. The third-order valence-electron chi connectivity index (χ3n) is 11.0. The van der Waals surface area contributed by atoms with Crippen LogP contribution in [0, 0.1) is 12.8 Å². The number of nitrogens with zero attached hydrogens (tertiary/aromatic N) is 7. The van der Waals surface area contributed by atoms with Gasteiger partial charge in [0.15, 0.2) is 5.76 Å². The van der Waals surface area contributed by atoms with Gasteiger partial charge in [-0.3, -0.25) is 14.5 Å². The Balaban J connectivity index is 0.851. The van der Waals surface area contributed by atoms with E-state index < -0.39 is 18.1 Å². The normalized spacial score (nSPS) is 18.5. The van der Waals surface area contributed by atoms with Gasteiger partial charge in [0, 0.05) is 50.4 Å². The number of fused-ring (bicyclic) bond motifs is 1. The highest BCUT2D eigenvalue weighted by atomic mass is 32.1. The minimum atomic E-state index is -0.828. The molecule has 296 valence electrons. The number of carbonyl (C=O) groups is 2. The van der Waals surface area contributed by atoms with Crippen LogP contribution in [-0.4, -0.2) is 102 Å².